The van der Waals surface area contributed by atoms with Crippen LogP contribution in [0.5, 0.6) is 5.88 Å². The maximum Gasteiger partial charge on any atom is 0.421 e. The molecule has 4 heterocycles. The first-order valence-electron chi connectivity index (χ1n) is 11.6. The Hall–Kier alpha value is -3.12. The van der Waals surface area contributed by atoms with Crippen molar-refractivity contribution in [1.29, 1.82) is 0 Å². The highest BCUT2D eigenvalue weighted by Crippen LogP contribution is 2.38. The first-order valence-corrected chi connectivity index (χ1v) is 12.0. The highest BCUT2D eigenvalue weighted by Gasteiger charge is 2.36. The Morgan fingerprint density at radius 3 is 2.68 bits per heavy atom. The van der Waals surface area contributed by atoms with Crippen LogP contribution in [0.1, 0.15) is 32.8 Å². The summed E-state index contributed by atoms with van der Waals surface area (Å²) in [6, 6.07) is 2.63. The third kappa shape index (κ3) is 6.42. The van der Waals surface area contributed by atoms with E-state index in [2.05, 4.69) is 15.0 Å². The predicted molar refractivity (Wildman–Crippen MR) is 129 cm³/mol. The minimum atomic E-state index is -4.72. The van der Waals surface area contributed by atoms with Gasteiger partial charge in [-0.25, -0.2) is 14.8 Å². The number of aryl methyl sites for hydroxylation is 1. The zero-order chi connectivity index (χ0) is 27.0. The van der Waals surface area contributed by atoms with Crippen molar-refractivity contribution in [3.05, 3.63) is 35.4 Å². The van der Waals surface area contributed by atoms with Gasteiger partial charge in [0.1, 0.15) is 23.4 Å². The molecule has 0 spiro atoms. The fourth-order valence-corrected chi connectivity index (χ4v) is 4.10. The van der Waals surface area contributed by atoms with Crippen molar-refractivity contribution in [2.24, 2.45) is 7.05 Å². The molecule has 1 fully saturated rings. The molecule has 0 unspecified atom stereocenters. The average molecular weight is 542 g/mol. The molecular formula is C24H27ClF3N5O4. The van der Waals surface area contributed by atoms with Gasteiger partial charge in [0, 0.05) is 36.9 Å². The molecule has 200 valence electrons. The van der Waals surface area contributed by atoms with Gasteiger partial charge in [-0.2, -0.15) is 18.2 Å². The fourth-order valence-electron chi connectivity index (χ4n) is 3.94. The quantitative estimate of drug-likeness (QED) is 0.316. The molecular weight excluding hydrogens is 515 g/mol. The summed E-state index contributed by atoms with van der Waals surface area (Å²) in [5.74, 6) is -0.564. The molecule has 0 aromatic carbocycles. The van der Waals surface area contributed by atoms with Crippen molar-refractivity contribution >= 4 is 28.7 Å². The smallest absolute Gasteiger partial charge is 0.421 e. The molecule has 3 aromatic rings. The second kappa shape index (κ2) is 10.3. The normalized spacial score (nSPS) is 16.4. The molecule has 1 amide bonds. The zero-order valence-corrected chi connectivity index (χ0v) is 21.6. The van der Waals surface area contributed by atoms with E-state index in [0.29, 0.717) is 30.5 Å². The van der Waals surface area contributed by atoms with E-state index in [0.717, 1.165) is 6.07 Å². The van der Waals surface area contributed by atoms with Gasteiger partial charge in [0.05, 0.1) is 24.9 Å². The summed E-state index contributed by atoms with van der Waals surface area (Å²) in [7, 11) is 1.74. The van der Waals surface area contributed by atoms with Crippen molar-refractivity contribution < 1.29 is 32.2 Å². The Bertz CT molecular complexity index is 1290. The predicted octanol–water partition coefficient (Wildman–Crippen LogP) is 5.11. The number of fused-ring (bicyclic) bond motifs is 1. The van der Waals surface area contributed by atoms with Crippen molar-refractivity contribution in [2.45, 2.75) is 45.1 Å². The van der Waals surface area contributed by atoms with Crippen LogP contribution in [0.3, 0.4) is 0 Å². The van der Waals surface area contributed by atoms with Crippen LogP contribution in [0.2, 0.25) is 5.28 Å². The number of hydrogen-bond donors (Lipinski definition) is 0. The monoisotopic (exact) mass is 541 g/mol. The molecule has 1 aliphatic rings. The number of carbonyl (C=O) groups excluding carboxylic acids is 1. The molecule has 13 heteroatoms. The number of hydrogen-bond acceptors (Lipinski definition) is 7. The van der Waals surface area contributed by atoms with Crippen LogP contribution in [0.15, 0.2) is 24.5 Å². The number of aromatic nitrogens is 4. The van der Waals surface area contributed by atoms with Crippen LogP contribution in [-0.2, 0) is 22.7 Å². The number of pyridine rings is 1. The topological polar surface area (TPSA) is 91.6 Å². The second-order valence-electron chi connectivity index (χ2n) is 9.64. The summed E-state index contributed by atoms with van der Waals surface area (Å²) in [6.45, 7) is 6.04. The second-order valence-corrected chi connectivity index (χ2v) is 9.97. The lowest BCUT2D eigenvalue weighted by molar-refractivity contribution is -0.139. The Labute approximate surface area is 216 Å². The Morgan fingerprint density at radius 2 is 1.97 bits per heavy atom. The lowest BCUT2D eigenvalue weighted by atomic mass is 10.1. The Morgan fingerprint density at radius 1 is 1.22 bits per heavy atom. The molecule has 1 aliphatic heterocycles. The number of nitrogens with zero attached hydrogens (tertiary/aromatic N) is 5. The van der Waals surface area contributed by atoms with Crippen LogP contribution in [0.4, 0.5) is 18.0 Å². The lowest BCUT2D eigenvalue weighted by Crippen LogP contribution is -2.36. The van der Waals surface area contributed by atoms with Gasteiger partial charge in [0.15, 0.2) is 0 Å². The van der Waals surface area contributed by atoms with Gasteiger partial charge in [-0.3, -0.25) is 0 Å². The molecule has 1 atom stereocenters. The molecule has 0 bridgehead atoms. The standard InChI is InChI=1S/C24H27ClF3N5O4/c1-23(2,3)37-22(34)33-8-5-15(13-33)35-9-10-36-20-17(24(26,27)28)11-14(12-29-20)18-16-6-7-32(4)19(16)31-21(25)30-18/h6-7,11-12,15H,5,8-10,13H2,1-4H3/t15-/m0/s1. The minimum Gasteiger partial charge on any atom is -0.475 e. The van der Waals surface area contributed by atoms with Gasteiger partial charge >= 0.3 is 12.3 Å². The molecule has 4 rings (SSSR count). The van der Waals surface area contributed by atoms with Crippen LogP contribution in [-0.4, -0.2) is 68.5 Å². The van der Waals surface area contributed by atoms with E-state index in [1.165, 1.54) is 6.20 Å². The van der Waals surface area contributed by atoms with Crippen molar-refractivity contribution in [1.82, 2.24) is 24.4 Å². The van der Waals surface area contributed by atoms with Gasteiger partial charge in [-0.1, -0.05) is 0 Å². The van der Waals surface area contributed by atoms with E-state index >= 15 is 0 Å². The molecule has 0 saturated carbocycles. The van der Waals surface area contributed by atoms with Crippen LogP contribution >= 0.6 is 11.6 Å². The van der Waals surface area contributed by atoms with Crippen LogP contribution < -0.4 is 4.74 Å². The van der Waals surface area contributed by atoms with Crippen molar-refractivity contribution in [2.75, 3.05) is 26.3 Å². The van der Waals surface area contributed by atoms with Gasteiger partial charge in [0.2, 0.25) is 11.2 Å². The third-order valence-corrected chi connectivity index (χ3v) is 5.77. The highest BCUT2D eigenvalue weighted by atomic mass is 35.5. The van der Waals surface area contributed by atoms with Crippen molar-refractivity contribution in [3.63, 3.8) is 0 Å². The molecule has 9 nitrogen and oxygen atoms in total. The number of rotatable bonds is 6. The third-order valence-electron chi connectivity index (χ3n) is 5.60. The van der Waals surface area contributed by atoms with Gasteiger partial charge < -0.3 is 23.7 Å². The molecule has 0 aliphatic carbocycles. The summed E-state index contributed by atoms with van der Waals surface area (Å²) in [4.78, 5) is 25.9. The zero-order valence-electron chi connectivity index (χ0n) is 20.8. The van der Waals surface area contributed by atoms with E-state index in [1.54, 1.807) is 49.5 Å². The maximum absolute atomic E-state index is 13.9. The lowest BCUT2D eigenvalue weighted by Gasteiger charge is -2.24. The largest absolute Gasteiger partial charge is 0.475 e. The van der Waals surface area contributed by atoms with E-state index in [4.69, 9.17) is 25.8 Å². The van der Waals surface area contributed by atoms with Crippen LogP contribution in [0.25, 0.3) is 22.3 Å². The fraction of sp³-hybridized carbons (Fsp3) is 0.500. The number of halogens is 4. The number of amides is 1. The summed E-state index contributed by atoms with van der Waals surface area (Å²) in [5, 5.41) is 0.452. The molecule has 0 N–H and O–H groups in total. The minimum absolute atomic E-state index is 0.0275. The number of likely N-dealkylation sites (tertiary alicyclic amines) is 1. The molecule has 1 saturated heterocycles. The van der Waals surface area contributed by atoms with E-state index in [1.807, 2.05) is 0 Å². The summed E-state index contributed by atoms with van der Waals surface area (Å²) in [6.07, 6.45) is -1.84. The van der Waals surface area contributed by atoms with E-state index < -0.39 is 29.3 Å². The Balaban J connectivity index is 1.41. The van der Waals surface area contributed by atoms with Crippen LogP contribution in [0, 0.1) is 0 Å². The summed E-state index contributed by atoms with van der Waals surface area (Å²) < 4.78 is 59.7. The first-order chi connectivity index (χ1) is 17.3. The first kappa shape index (κ1) is 26.9. The molecule has 3 aromatic heterocycles. The van der Waals surface area contributed by atoms with Crippen molar-refractivity contribution in [3.8, 4) is 17.1 Å². The molecule has 37 heavy (non-hydrogen) atoms. The number of carbonyl (C=O) groups is 1. The number of alkyl halides is 3. The van der Waals surface area contributed by atoms with Gasteiger partial charge in [-0.05, 0) is 50.9 Å². The van der Waals surface area contributed by atoms with E-state index in [-0.39, 0.29) is 35.9 Å². The van der Waals surface area contributed by atoms with E-state index in [9.17, 15) is 18.0 Å². The highest BCUT2D eigenvalue weighted by molar-refractivity contribution is 6.28. The summed E-state index contributed by atoms with van der Waals surface area (Å²) >= 11 is 6.01. The Kier molecular flexibility index (Phi) is 7.52. The molecule has 0 radical (unpaired) electrons. The van der Waals surface area contributed by atoms with Gasteiger partial charge in [-0.15, -0.1) is 0 Å². The summed E-state index contributed by atoms with van der Waals surface area (Å²) in [5.41, 5.74) is -0.794. The average Bonchev–Trinajstić information content (AvgIpc) is 3.42. The maximum atomic E-state index is 13.9. The van der Waals surface area contributed by atoms with Gasteiger partial charge in [0.25, 0.3) is 0 Å². The SMILES string of the molecule is Cn1ccc2c(-c3cnc(OCCO[C@H]4CCN(C(=O)OC(C)(C)C)C4)c(C(F)(F)F)c3)nc(Cl)nc21. The number of ether oxygens (including phenoxy) is 3.